The summed E-state index contributed by atoms with van der Waals surface area (Å²) in [5.41, 5.74) is 0.571. The SMILES string of the molecule is Cc1csc([C@H]2N(c3ccccn3)[C@@]2(C)C2=NC(C)(C)CO2)n1. The lowest BCUT2D eigenvalue weighted by Crippen LogP contribution is -2.27. The molecule has 2 aliphatic heterocycles. The zero-order chi connectivity index (χ0) is 16.2. The van der Waals surface area contributed by atoms with Crippen molar-refractivity contribution < 1.29 is 4.74 Å². The van der Waals surface area contributed by atoms with Crippen molar-refractivity contribution in [1.29, 1.82) is 0 Å². The monoisotopic (exact) mass is 328 g/mol. The third kappa shape index (κ3) is 2.24. The molecule has 0 amide bonds. The van der Waals surface area contributed by atoms with E-state index in [1.165, 1.54) is 0 Å². The van der Waals surface area contributed by atoms with Gasteiger partial charge in [0.05, 0.1) is 5.54 Å². The summed E-state index contributed by atoms with van der Waals surface area (Å²) in [5.74, 6) is 1.73. The highest BCUT2D eigenvalue weighted by Gasteiger charge is 2.67. The molecule has 0 radical (unpaired) electrons. The molecule has 1 fully saturated rings. The zero-order valence-corrected chi connectivity index (χ0v) is 14.6. The van der Waals surface area contributed by atoms with Crippen LogP contribution in [0.25, 0.3) is 0 Å². The Hall–Kier alpha value is -1.95. The molecule has 0 bridgehead atoms. The van der Waals surface area contributed by atoms with Crippen LogP contribution in [0.15, 0.2) is 34.8 Å². The van der Waals surface area contributed by atoms with Gasteiger partial charge in [-0.15, -0.1) is 11.3 Å². The Morgan fingerprint density at radius 2 is 2.13 bits per heavy atom. The van der Waals surface area contributed by atoms with E-state index in [-0.39, 0.29) is 17.1 Å². The fraction of sp³-hybridized carbons (Fsp3) is 0.471. The van der Waals surface area contributed by atoms with Gasteiger partial charge in [-0.3, -0.25) is 0 Å². The van der Waals surface area contributed by atoms with Crippen LogP contribution in [0.4, 0.5) is 5.82 Å². The Labute approximate surface area is 140 Å². The first-order chi connectivity index (χ1) is 10.9. The normalized spacial score (nSPS) is 28.4. The summed E-state index contributed by atoms with van der Waals surface area (Å²) < 4.78 is 5.96. The molecule has 2 aromatic rings. The highest BCUT2D eigenvalue weighted by molar-refractivity contribution is 7.09. The number of aromatic nitrogens is 2. The van der Waals surface area contributed by atoms with Crippen molar-refractivity contribution in [2.45, 2.75) is 44.8 Å². The maximum Gasteiger partial charge on any atom is 0.213 e. The Morgan fingerprint density at radius 3 is 2.70 bits per heavy atom. The van der Waals surface area contributed by atoms with E-state index >= 15 is 0 Å². The third-order valence-electron chi connectivity index (χ3n) is 4.39. The lowest BCUT2D eigenvalue weighted by Gasteiger charge is -2.11. The van der Waals surface area contributed by atoms with Gasteiger partial charge in [0, 0.05) is 17.3 Å². The summed E-state index contributed by atoms with van der Waals surface area (Å²) in [4.78, 5) is 16.3. The number of aliphatic imine (C=N–C) groups is 1. The highest BCUT2D eigenvalue weighted by Crippen LogP contribution is 2.57. The molecule has 6 heteroatoms. The van der Waals surface area contributed by atoms with Gasteiger partial charge in [0.1, 0.15) is 29.0 Å². The number of ether oxygens (including phenoxy) is 1. The van der Waals surface area contributed by atoms with Crippen LogP contribution in [-0.2, 0) is 4.74 Å². The minimum atomic E-state index is -0.313. The second kappa shape index (κ2) is 4.77. The predicted octanol–water partition coefficient (Wildman–Crippen LogP) is 3.37. The summed E-state index contributed by atoms with van der Waals surface area (Å²) in [6.45, 7) is 9.01. The van der Waals surface area contributed by atoms with Crippen molar-refractivity contribution in [1.82, 2.24) is 9.97 Å². The minimum Gasteiger partial charge on any atom is -0.477 e. The van der Waals surface area contributed by atoms with Crippen LogP contribution >= 0.6 is 11.3 Å². The molecule has 5 nitrogen and oxygen atoms in total. The standard InChI is InChI=1S/C17H20N4OS/c1-11-9-23-14(19-11)13-17(4,15-20-16(2,3)10-22-15)21(13)12-7-5-6-8-18-12/h5-9,13H,10H2,1-4H3/t13-,17-,21?/m1/s1. The van der Waals surface area contributed by atoms with Crippen LogP contribution in [0.5, 0.6) is 0 Å². The summed E-state index contributed by atoms with van der Waals surface area (Å²) in [7, 11) is 0. The van der Waals surface area contributed by atoms with E-state index in [1.54, 1.807) is 11.3 Å². The van der Waals surface area contributed by atoms with Gasteiger partial charge in [0.2, 0.25) is 5.90 Å². The van der Waals surface area contributed by atoms with Crippen molar-refractivity contribution in [3.8, 4) is 0 Å². The lowest BCUT2D eigenvalue weighted by molar-refractivity contribution is 0.270. The third-order valence-corrected chi connectivity index (χ3v) is 5.40. The fourth-order valence-electron chi connectivity index (χ4n) is 3.17. The number of aryl methyl sites for hydroxylation is 1. The average molecular weight is 328 g/mol. The quantitative estimate of drug-likeness (QED) is 0.811. The van der Waals surface area contributed by atoms with Gasteiger partial charge in [0.25, 0.3) is 0 Å². The molecule has 0 saturated carbocycles. The first kappa shape index (κ1) is 14.6. The highest BCUT2D eigenvalue weighted by atomic mass is 32.1. The molecule has 23 heavy (non-hydrogen) atoms. The molecule has 0 unspecified atom stereocenters. The first-order valence-electron chi connectivity index (χ1n) is 7.77. The molecule has 1 saturated heterocycles. The lowest BCUT2D eigenvalue weighted by atomic mass is 10.1. The topological polar surface area (TPSA) is 50.4 Å². The minimum absolute atomic E-state index is 0.128. The van der Waals surface area contributed by atoms with Gasteiger partial charge in [-0.05, 0) is 39.8 Å². The molecule has 2 aromatic heterocycles. The summed E-state index contributed by atoms with van der Waals surface area (Å²) >= 11 is 1.69. The van der Waals surface area contributed by atoms with Crippen molar-refractivity contribution in [3.05, 3.63) is 40.5 Å². The summed E-state index contributed by atoms with van der Waals surface area (Å²) in [6, 6.07) is 6.09. The van der Waals surface area contributed by atoms with E-state index in [0.29, 0.717) is 6.61 Å². The number of pyridine rings is 1. The largest absolute Gasteiger partial charge is 0.477 e. The van der Waals surface area contributed by atoms with Crippen LogP contribution in [0.1, 0.15) is 37.5 Å². The molecule has 4 heterocycles. The molecule has 120 valence electrons. The van der Waals surface area contributed by atoms with E-state index in [0.717, 1.165) is 22.4 Å². The number of rotatable bonds is 3. The molecule has 0 N–H and O–H groups in total. The van der Waals surface area contributed by atoms with E-state index in [1.807, 2.05) is 31.3 Å². The van der Waals surface area contributed by atoms with Crippen molar-refractivity contribution in [2.75, 3.05) is 11.5 Å². The van der Waals surface area contributed by atoms with E-state index in [4.69, 9.17) is 14.7 Å². The summed E-state index contributed by atoms with van der Waals surface area (Å²) in [6.07, 6.45) is 1.82. The maximum absolute atomic E-state index is 5.96. The number of anilines is 1. The zero-order valence-electron chi connectivity index (χ0n) is 13.8. The average Bonchev–Trinajstić information content (AvgIpc) is 2.81. The van der Waals surface area contributed by atoms with Gasteiger partial charge >= 0.3 is 0 Å². The van der Waals surface area contributed by atoms with Crippen molar-refractivity contribution in [3.63, 3.8) is 0 Å². The number of hydrogen-bond donors (Lipinski definition) is 0. The molecule has 2 aliphatic rings. The van der Waals surface area contributed by atoms with E-state index < -0.39 is 0 Å². The second-order valence-corrected chi connectivity index (χ2v) is 7.84. The number of thiazole rings is 1. The van der Waals surface area contributed by atoms with E-state index in [9.17, 15) is 0 Å². The molecular weight excluding hydrogens is 308 g/mol. The Morgan fingerprint density at radius 1 is 1.30 bits per heavy atom. The molecule has 0 aliphatic carbocycles. The van der Waals surface area contributed by atoms with Crippen LogP contribution in [-0.4, -0.2) is 33.6 Å². The molecule has 0 spiro atoms. The smallest absolute Gasteiger partial charge is 0.213 e. The van der Waals surface area contributed by atoms with Crippen LogP contribution in [0, 0.1) is 6.92 Å². The maximum atomic E-state index is 5.96. The predicted molar refractivity (Wildman–Crippen MR) is 92.2 cm³/mol. The van der Waals surface area contributed by atoms with Crippen LogP contribution in [0.2, 0.25) is 0 Å². The first-order valence-corrected chi connectivity index (χ1v) is 8.65. The number of hydrogen-bond acceptors (Lipinski definition) is 6. The molecule has 4 rings (SSSR count). The Balaban J connectivity index is 1.77. The second-order valence-electron chi connectivity index (χ2n) is 6.95. The Kier molecular flexibility index (Phi) is 3.04. The van der Waals surface area contributed by atoms with E-state index in [2.05, 4.69) is 36.0 Å². The van der Waals surface area contributed by atoms with Gasteiger partial charge in [0.15, 0.2) is 0 Å². The van der Waals surface area contributed by atoms with Crippen molar-refractivity contribution in [2.24, 2.45) is 4.99 Å². The number of nitrogens with zero attached hydrogens (tertiary/aromatic N) is 4. The van der Waals surface area contributed by atoms with Crippen LogP contribution in [0.3, 0.4) is 0 Å². The van der Waals surface area contributed by atoms with Crippen molar-refractivity contribution >= 4 is 23.1 Å². The van der Waals surface area contributed by atoms with Gasteiger partial charge in [-0.1, -0.05) is 6.07 Å². The molecule has 0 aromatic carbocycles. The van der Waals surface area contributed by atoms with Gasteiger partial charge in [-0.25, -0.2) is 15.0 Å². The fourth-order valence-corrected chi connectivity index (χ4v) is 4.17. The molecular formula is C17H20N4OS. The molecule has 2 atom stereocenters. The van der Waals surface area contributed by atoms with Crippen LogP contribution < -0.4 is 4.90 Å². The summed E-state index contributed by atoms with van der Waals surface area (Å²) in [5, 5.41) is 3.18. The van der Waals surface area contributed by atoms with Gasteiger partial charge in [-0.2, -0.15) is 0 Å². The Bertz CT molecular complexity index is 770. The van der Waals surface area contributed by atoms with Gasteiger partial charge < -0.3 is 9.64 Å².